The van der Waals surface area contributed by atoms with Gasteiger partial charge in [0, 0.05) is 20.6 Å². The second-order valence-corrected chi connectivity index (χ2v) is 7.63. The Hall–Kier alpha value is -2.52. The largest absolute Gasteiger partial charge is 0.451 e. The van der Waals surface area contributed by atoms with Crippen molar-refractivity contribution in [2.24, 2.45) is 7.05 Å². The van der Waals surface area contributed by atoms with Crippen LogP contribution in [0.25, 0.3) is 10.2 Å². The lowest BCUT2D eigenvalue weighted by Gasteiger charge is -2.16. The number of fused-ring (bicyclic) bond motifs is 1. The van der Waals surface area contributed by atoms with Crippen LogP contribution in [-0.2, 0) is 23.1 Å². The Morgan fingerprint density at radius 1 is 1.38 bits per heavy atom. The summed E-state index contributed by atoms with van der Waals surface area (Å²) in [6.07, 6.45) is 1.42. The molecule has 0 saturated heterocycles. The van der Waals surface area contributed by atoms with Crippen molar-refractivity contribution >= 4 is 44.8 Å². The Balaban J connectivity index is 1.69. The number of carbonyl (C=O) groups excluding carboxylic acids is 2. The monoisotopic (exact) mass is 391 g/mol. The molecule has 0 aliphatic carbocycles. The minimum Gasteiger partial charge on any atom is -0.451 e. The molecule has 0 atom stereocenters. The van der Waals surface area contributed by atoms with Gasteiger partial charge in [0.2, 0.25) is 0 Å². The molecule has 0 aliphatic heterocycles. The molecule has 3 aromatic rings. The van der Waals surface area contributed by atoms with Gasteiger partial charge in [0.05, 0.1) is 11.7 Å². The number of likely N-dealkylation sites (N-methyl/N-ethyl adjacent to an activating group) is 1. The first-order valence-corrected chi connectivity index (χ1v) is 9.51. The lowest BCUT2D eigenvalue weighted by atomic mass is 10.2. The van der Waals surface area contributed by atoms with Crippen LogP contribution >= 0.6 is 22.7 Å². The molecule has 0 unspecified atom stereocenters. The SMILES string of the molecule is Cc1c(C(=O)OCC(=O)N(C)Cc2ccsc2)sc2ncn(C)c(=O)c12. The van der Waals surface area contributed by atoms with E-state index in [0.717, 1.165) is 16.9 Å². The van der Waals surface area contributed by atoms with Crippen LogP contribution in [-0.4, -0.2) is 40.0 Å². The van der Waals surface area contributed by atoms with E-state index in [1.807, 2.05) is 16.8 Å². The van der Waals surface area contributed by atoms with E-state index in [2.05, 4.69) is 4.98 Å². The molecule has 0 N–H and O–H groups in total. The fourth-order valence-corrected chi connectivity index (χ4v) is 4.14. The van der Waals surface area contributed by atoms with E-state index in [1.54, 1.807) is 32.4 Å². The lowest BCUT2D eigenvalue weighted by molar-refractivity contribution is -0.133. The Morgan fingerprint density at radius 2 is 2.15 bits per heavy atom. The smallest absolute Gasteiger partial charge is 0.349 e. The molecular weight excluding hydrogens is 374 g/mol. The zero-order valence-corrected chi connectivity index (χ0v) is 16.1. The zero-order chi connectivity index (χ0) is 18.8. The molecule has 3 rings (SSSR count). The third-order valence-corrected chi connectivity index (χ3v) is 5.86. The van der Waals surface area contributed by atoms with Gasteiger partial charge in [-0.1, -0.05) is 0 Å². The fourth-order valence-electron chi connectivity index (χ4n) is 2.45. The van der Waals surface area contributed by atoms with Crippen molar-refractivity contribution in [2.75, 3.05) is 13.7 Å². The molecular formula is C17H17N3O4S2. The highest BCUT2D eigenvalue weighted by Gasteiger charge is 2.21. The molecule has 0 fully saturated rings. The zero-order valence-electron chi connectivity index (χ0n) is 14.5. The topological polar surface area (TPSA) is 81.5 Å². The van der Waals surface area contributed by atoms with Crippen LogP contribution in [0, 0.1) is 6.92 Å². The number of hydrogen-bond acceptors (Lipinski definition) is 7. The number of nitrogens with zero attached hydrogens (tertiary/aromatic N) is 3. The number of aryl methyl sites for hydroxylation is 2. The fraction of sp³-hybridized carbons (Fsp3) is 0.294. The Kier molecular flexibility index (Phi) is 5.19. The molecule has 26 heavy (non-hydrogen) atoms. The first kappa shape index (κ1) is 18.3. The van der Waals surface area contributed by atoms with Crippen molar-refractivity contribution in [3.05, 3.63) is 49.5 Å². The van der Waals surface area contributed by atoms with E-state index in [0.29, 0.717) is 27.2 Å². The Bertz CT molecular complexity index is 1020. The van der Waals surface area contributed by atoms with Gasteiger partial charge in [-0.25, -0.2) is 9.78 Å². The molecule has 0 aromatic carbocycles. The molecule has 9 heteroatoms. The van der Waals surface area contributed by atoms with Crippen molar-refractivity contribution < 1.29 is 14.3 Å². The number of hydrogen-bond donors (Lipinski definition) is 0. The summed E-state index contributed by atoms with van der Waals surface area (Å²) < 4.78 is 6.52. The summed E-state index contributed by atoms with van der Waals surface area (Å²) in [6.45, 7) is 1.80. The third-order valence-electron chi connectivity index (χ3n) is 3.95. The summed E-state index contributed by atoms with van der Waals surface area (Å²) in [5, 5.41) is 4.31. The third kappa shape index (κ3) is 3.54. The maximum Gasteiger partial charge on any atom is 0.349 e. The van der Waals surface area contributed by atoms with Gasteiger partial charge in [0.15, 0.2) is 6.61 Å². The van der Waals surface area contributed by atoms with Gasteiger partial charge < -0.3 is 14.2 Å². The van der Waals surface area contributed by atoms with Crippen molar-refractivity contribution in [1.82, 2.24) is 14.5 Å². The van der Waals surface area contributed by atoms with Crippen LogP contribution in [0.5, 0.6) is 0 Å². The van der Waals surface area contributed by atoms with Gasteiger partial charge >= 0.3 is 5.97 Å². The minimum atomic E-state index is -0.621. The van der Waals surface area contributed by atoms with Crippen molar-refractivity contribution in [3.63, 3.8) is 0 Å². The van der Waals surface area contributed by atoms with Gasteiger partial charge in [-0.3, -0.25) is 9.59 Å². The predicted octanol–water partition coefficient (Wildman–Crippen LogP) is 2.18. The van der Waals surface area contributed by atoms with E-state index in [9.17, 15) is 14.4 Å². The van der Waals surface area contributed by atoms with Gasteiger partial charge in [0.1, 0.15) is 9.71 Å². The summed E-state index contributed by atoms with van der Waals surface area (Å²) in [7, 11) is 3.26. The summed E-state index contributed by atoms with van der Waals surface area (Å²) in [4.78, 5) is 43.2. The van der Waals surface area contributed by atoms with Gasteiger partial charge in [-0.2, -0.15) is 11.3 Å². The van der Waals surface area contributed by atoms with Crippen LogP contribution in [0.3, 0.4) is 0 Å². The van der Waals surface area contributed by atoms with Crippen molar-refractivity contribution in [2.45, 2.75) is 13.5 Å². The number of thiophene rings is 2. The second-order valence-electron chi connectivity index (χ2n) is 5.85. The first-order valence-electron chi connectivity index (χ1n) is 7.75. The molecule has 7 nitrogen and oxygen atoms in total. The van der Waals surface area contributed by atoms with E-state index < -0.39 is 5.97 Å². The van der Waals surface area contributed by atoms with Crippen LogP contribution < -0.4 is 5.56 Å². The molecule has 0 spiro atoms. The van der Waals surface area contributed by atoms with Gasteiger partial charge in [-0.15, -0.1) is 11.3 Å². The molecule has 3 heterocycles. The standard InChI is InChI=1S/C17H17N3O4S2/c1-10-13-15(18-9-20(3)16(13)22)26-14(10)17(23)24-7-12(21)19(2)6-11-4-5-25-8-11/h4-5,8-9H,6-7H2,1-3H3. The second kappa shape index (κ2) is 7.38. The molecule has 0 radical (unpaired) electrons. The molecule has 136 valence electrons. The molecule has 0 aliphatic rings. The van der Waals surface area contributed by atoms with Crippen LogP contribution in [0.15, 0.2) is 27.9 Å². The van der Waals surface area contributed by atoms with Crippen LogP contribution in [0.1, 0.15) is 20.8 Å². The number of aromatic nitrogens is 2. The van der Waals surface area contributed by atoms with Gasteiger partial charge in [0.25, 0.3) is 11.5 Å². The number of rotatable bonds is 5. The highest BCUT2D eigenvalue weighted by molar-refractivity contribution is 7.20. The molecule has 0 saturated carbocycles. The van der Waals surface area contributed by atoms with Crippen LogP contribution in [0.4, 0.5) is 0 Å². The quantitative estimate of drug-likeness (QED) is 0.623. The van der Waals surface area contributed by atoms with E-state index in [-0.39, 0.29) is 18.1 Å². The van der Waals surface area contributed by atoms with Crippen LogP contribution in [0.2, 0.25) is 0 Å². The highest BCUT2D eigenvalue weighted by Crippen LogP contribution is 2.27. The van der Waals surface area contributed by atoms with E-state index in [1.165, 1.54) is 15.8 Å². The maximum atomic E-state index is 12.4. The normalized spacial score (nSPS) is 10.9. The molecule has 1 amide bonds. The predicted molar refractivity (Wildman–Crippen MR) is 101 cm³/mol. The number of carbonyl (C=O) groups is 2. The maximum absolute atomic E-state index is 12.4. The first-order chi connectivity index (χ1) is 12.4. The number of amides is 1. The van der Waals surface area contributed by atoms with E-state index >= 15 is 0 Å². The van der Waals surface area contributed by atoms with Crippen molar-refractivity contribution in [3.8, 4) is 0 Å². The Labute approximate surface area is 157 Å². The number of ether oxygens (including phenoxy) is 1. The van der Waals surface area contributed by atoms with Gasteiger partial charge in [-0.05, 0) is 34.9 Å². The lowest BCUT2D eigenvalue weighted by Crippen LogP contribution is -2.30. The van der Waals surface area contributed by atoms with Crippen molar-refractivity contribution in [1.29, 1.82) is 0 Å². The Morgan fingerprint density at radius 3 is 2.85 bits per heavy atom. The minimum absolute atomic E-state index is 0.214. The summed E-state index contributed by atoms with van der Waals surface area (Å²) in [5.41, 5.74) is 1.34. The summed E-state index contributed by atoms with van der Waals surface area (Å²) in [5.74, 6) is -0.915. The summed E-state index contributed by atoms with van der Waals surface area (Å²) in [6, 6.07) is 1.94. The highest BCUT2D eigenvalue weighted by atomic mass is 32.1. The average Bonchev–Trinajstić information content (AvgIpc) is 3.23. The van der Waals surface area contributed by atoms with E-state index in [4.69, 9.17) is 4.74 Å². The number of esters is 1. The molecule has 0 bridgehead atoms. The summed E-state index contributed by atoms with van der Waals surface area (Å²) >= 11 is 2.66. The average molecular weight is 391 g/mol. The molecule has 3 aromatic heterocycles.